The van der Waals surface area contributed by atoms with Crippen LogP contribution in [0.3, 0.4) is 0 Å². The third kappa shape index (κ3) is 4.55. The molecule has 0 radical (unpaired) electrons. The Morgan fingerprint density at radius 1 is 1.11 bits per heavy atom. The summed E-state index contributed by atoms with van der Waals surface area (Å²) in [5.74, 6) is -0.565. The first-order chi connectivity index (χ1) is 13.1. The van der Waals surface area contributed by atoms with Crippen molar-refractivity contribution in [3.05, 3.63) is 94.9 Å². The molecule has 138 valence electrons. The molecule has 1 aromatic heterocycles. The van der Waals surface area contributed by atoms with Crippen LogP contribution in [-0.4, -0.2) is 17.1 Å². The zero-order chi connectivity index (χ0) is 19.2. The molecular formula is C22H21FN2OS. The topological polar surface area (TPSA) is 42.0 Å². The smallest absolute Gasteiger partial charge is 0.254 e. The van der Waals surface area contributed by atoms with Crippen LogP contribution >= 0.6 is 11.8 Å². The summed E-state index contributed by atoms with van der Waals surface area (Å²) in [5, 5.41) is 3.71. The molecule has 1 atom stereocenters. The molecule has 3 rings (SSSR count). The van der Waals surface area contributed by atoms with E-state index in [-0.39, 0.29) is 11.7 Å². The van der Waals surface area contributed by atoms with Crippen LogP contribution in [0.5, 0.6) is 0 Å². The van der Waals surface area contributed by atoms with Crippen LogP contribution in [0.15, 0.2) is 71.9 Å². The minimum atomic E-state index is -0.450. The predicted octanol–water partition coefficient (Wildman–Crippen LogP) is 5.02. The second-order valence-corrected chi connectivity index (χ2v) is 6.91. The predicted molar refractivity (Wildman–Crippen MR) is 108 cm³/mol. The van der Waals surface area contributed by atoms with Gasteiger partial charge in [0.05, 0.1) is 11.6 Å². The summed E-state index contributed by atoms with van der Waals surface area (Å²) in [6, 6.07) is 17.4. The summed E-state index contributed by atoms with van der Waals surface area (Å²) < 4.78 is 13.8. The van der Waals surface area contributed by atoms with Crippen molar-refractivity contribution in [3.8, 4) is 0 Å². The van der Waals surface area contributed by atoms with Gasteiger partial charge < -0.3 is 5.32 Å². The third-order valence-electron chi connectivity index (χ3n) is 4.39. The standard InChI is InChI=1S/C22H21FN2OS/c1-3-15-9-11-16(12-10-15)20(17-6-4-7-18(23)14-17)25-21(26)19-8-5-13-24-22(19)27-2/h4-14,20H,3H2,1-2H3,(H,25,26). The molecule has 5 heteroatoms. The largest absolute Gasteiger partial charge is 0.341 e. The fourth-order valence-electron chi connectivity index (χ4n) is 2.93. The maximum atomic E-state index is 13.8. The molecule has 0 saturated heterocycles. The summed E-state index contributed by atoms with van der Waals surface area (Å²) in [4.78, 5) is 17.2. The molecule has 27 heavy (non-hydrogen) atoms. The van der Waals surface area contributed by atoms with Crippen LogP contribution < -0.4 is 5.32 Å². The van der Waals surface area contributed by atoms with Crippen LogP contribution in [0.2, 0.25) is 0 Å². The van der Waals surface area contributed by atoms with E-state index in [0.29, 0.717) is 16.2 Å². The van der Waals surface area contributed by atoms with E-state index < -0.39 is 6.04 Å². The lowest BCUT2D eigenvalue weighted by molar-refractivity contribution is 0.0939. The summed E-state index contributed by atoms with van der Waals surface area (Å²) in [6.45, 7) is 2.09. The van der Waals surface area contributed by atoms with E-state index in [4.69, 9.17) is 0 Å². The lowest BCUT2D eigenvalue weighted by Crippen LogP contribution is -2.30. The summed E-state index contributed by atoms with van der Waals surface area (Å²) in [6.07, 6.45) is 4.48. The summed E-state index contributed by atoms with van der Waals surface area (Å²) in [5.41, 5.74) is 3.32. The Labute approximate surface area is 163 Å². The quantitative estimate of drug-likeness (QED) is 0.610. The number of hydrogen-bond acceptors (Lipinski definition) is 3. The molecule has 3 aromatic rings. The van der Waals surface area contributed by atoms with Gasteiger partial charge in [-0.1, -0.05) is 43.3 Å². The second kappa shape index (κ2) is 8.82. The number of halogens is 1. The van der Waals surface area contributed by atoms with Crippen molar-refractivity contribution in [2.45, 2.75) is 24.4 Å². The number of hydrogen-bond donors (Lipinski definition) is 1. The van der Waals surface area contributed by atoms with E-state index in [2.05, 4.69) is 17.2 Å². The van der Waals surface area contributed by atoms with Crippen molar-refractivity contribution < 1.29 is 9.18 Å². The van der Waals surface area contributed by atoms with Crippen LogP contribution in [0.4, 0.5) is 4.39 Å². The van der Waals surface area contributed by atoms with Crippen LogP contribution in [0.1, 0.15) is 40.0 Å². The number of thioether (sulfide) groups is 1. The monoisotopic (exact) mass is 380 g/mol. The molecule has 0 aliphatic rings. The van der Waals surface area contributed by atoms with Crippen molar-refractivity contribution in [3.63, 3.8) is 0 Å². The summed E-state index contributed by atoms with van der Waals surface area (Å²) in [7, 11) is 0. The van der Waals surface area contributed by atoms with E-state index in [1.54, 1.807) is 24.4 Å². The number of nitrogens with one attached hydrogen (secondary N) is 1. The van der Waals surface area contributed by atoms with E-state index in [1.807, 2.05) is 36.6 Å². The normalized spacial score (nSPS) is 11.8. The van der Waals surface area contributed by atoms with Gasteiger partial charge in [0.1, 0.15) is 10.8 Å². The first kappa shape index (κ1) is 19.1. The number of benzene rings is 2. The van der Waals surface area contributed by atoms with Crippen LogP contribution in [-0.2, 0) is 6.42 Å². The fourth-order valence-corrected chi connectivity index (χ4v) is 3.47. The number of carbonyl (C=O) groups is 1. The van der Waals surface area contributed by atoms with Gasteiger partial charge in [-0.3, -0.25) is 4.79 Å². The second-order valence-electron chi connectivity index (χ2n) is 6.12. The highest BCUT2D eigenvalue weighted by atomic mass is 32.2. The number of pyridine rings is 1. The molecule has 1 N–H and O–H groups in total. The van der Waals surface area contributed by atoms with Crippen LogP contribution in [0.25, 0.3) is 0 Å². The van der Waals surface area contributed by atoms with E-state index in [0.717, 1.165) is 12.0 Å². The molecular weight excluding hydrogens is 359 g/mol. The molecule has 0 spiro atoms. The number of aromatic nitrogens is 1. The van der Waals surface area contributed by atoms with Gasteiger partial charge in [-0.2, -0.15) is 0 Å². The third-order valence-corrected chi connectivity index (χ3v) is 5.10. The zero-order valence-electron chi connectivity index (χ0n) is 15.3. The Bertz CT molecular complexity index is 928. The van der Waals surface area contributed by atoms with Crippen molar-refractivity contribution in [1.29, 1.82) is 0 Å². The Kier molecular flexibility index (Phi) is 6.24. The molecule has 3 nitrogen and oxygen atoms in total. The van der Waals surface area contributed by atoms with Gasteiger partial charge in [0, 0.05) is 6.20 Å². The number of aryl methyl sites for hydroxylation is 1. The highest BCUT2D eigenvalue weighted by Gasteiger charge is 2.20. The first-order valence-corrected chi connectivity index (χ1v) is 9.99. The van der Waals surface area contributed by atoms with E-state index in [9.17, 15) is 9.18 Å². The molecule has 1 amide bonds. The van der Waals surface area contributed by atoms with Crippen molar-refractivity contribution >= 4 is 17.7 Å². The minimum absolute atomic E-state index is 0.235. The first-order valence-electron chi connectivity index (χ1n) is 8.76. The number of nitrogens with zero attached hydrogens (tertiary/aromatic N) is 1. The molecule has 0 aliphatic carbocycles. The SMILES string of the molecule is CCc1ccc(C(NC(=O)c2cccnc2SC)c2cccc(F)c2)cc1. The number of amides is 1. The molecule has 2 aromatic carbocycles. The van der Waals surface area contributed by atoms with E-state index in [1.165, 1.54) is 29.5 Å². The molecule has 1 unspecified atom stereocenters. The number of carbonyl (C=O) groups excluding carboxylic acids is 1. The molecule has 1 heterocycles. The maximum absolute atomic E-state index is 13.8. The Morgan fingerprint density at radius 3 is 2.56 bits per heavy atom. The van der Waals surface area contributed by atoms with Gasteiger partial charge in [-0.05, 0) is 53.6 Å². The zero-order valence-corrected chi connectivity index (χ0v) is 16.1. The van der Waals surface area contributed by atoms with Crippen molar-refractivity contribution in [1.82, 2.24) is 10.3 Å². The number of rotatable bonds is 6. The van der Waals surface area contributed by atoms with Crippen LogP contribution in [0, 0.1) is 5.82 Å². The Balaban J connectivity index is 1.97. The highest BCUT2D eigenvalue weighted by Crippen LogP contribution is 2.25. The van der Waals surface area contributed by atoms with Gasteiger partial charge in [0.2, 0.25) is 0 Å². The van der Waals surface area contributed by atoms with Crippen molar-refractivity contribution in [2.75, 3.05) is 6.26 Å². The lowest BCUT2D eigenvalue weighted by atomic mass is 9.96. The molecule has 0 bridgehead atoms. The minimum Gasteiger partial charge on any atom is -0.341 e. The van der Waals surface area contributed by atoms with Gasteiger partial charge in [0.25, 0.3) is 5.91 Å². The van der Waals surface area contributed by atoms with Gasteiger partial charge in [-0.15, -0.1) is 11.8 Å². The van der Waals surface area contributed by atoms with Gasteiger partial charge >= 0.3 is 0 Å². The maximum Gasteiger partial charge on any atom is 0.254 e. The highest BCUT2D eigenvalue weighted by molar-refractivity contribution is 7.98. The molecule has 0 fully saturated rings. The summed E-state index contributed by atoms with van der Waals surface area (Å²) >= 11 is 1.42. The van der Waals surface area contributed by atoms with E-state index >= 15 is 0 Å². The average molecular weight is 380 g/mol. The van der Waals surface area contributed by atoms with Crippen molar-refractivity contribution in [2.24, 2.45) is 0 Å². The Morgan fingerprint density at radius 2 is 1.89 bits per heavy atom. The lowest BCUT2D eigenvalue weighted by Gasteiger charge is -2.21. The average Bonchev–Trinajstić information content (AvgIpc) is 2.72. The fraction of sp³-hybridized carbons (Fsp3) is 0.182. The molecule has 0 saturated carbocycles. The Hall–Kier alpha value is -2.66. The van der Waals surface area contributed by atoms with Gasteiger partial charge in [-0.25, -0.2) is 9.37 Å². The molecule has 0 aliphatic heterocycles. The van der Waals surface area contributed by atoms with Gasteiger partial charge in [0.15, 0.2) is 0 Å².